The fourth-order valence-corrected chi connectivity index (χ4v) is 2.71. The Hall–Kier alpha value is -2.15. The normalized spacial score (nSPS) is 10.6. The number of hydrogen-bond acceptors (Lipinski definition) is 5. The van der Waals surface area contributed by atoms with Gasteiger partial charge < -0.3 is 14.4 Å². The van der Waals surface area contributed by atoms with Crippen LogP contribution < -0.4 is 0 Å². The molecule has 0 atom stereocenters. The van der Waals surface area contributed by atoms with Crippen LogP contribution in [0.4, 0.5) is 0 Å². The number of aromatic nitrogens is 1. The number of aryl methyl sites for hydroxylation is 1. The van der Waals surface area contributed by atoms with E-state index in [0.717, 1.165) is 10.8 Å². The van der Waals surface area contributed by atoms with E-state index < -0.39 is 5.97 Å². The molecule has 0 bridgehead atoms. The molecule has 2 aromatic heterocycles. The van der Waals surface area contributed by atoms with Crippen LogP contribution in [0.15, 0.2) is 21.9 Å². The fraction of sp³-hybridized carbons (Fsp3) is 0.400. The highest BCUT2D eigenvalue weighted by molar-refractivity contribution is 7.13. The molecule has 0 aliphatic carbocycles. The summed E-state index contributed by atoms with van der Waals surface area (Å²) in [6.45, 7) is 2.30. The zero-order valence-corrected chi connectivity index (χ0v) is 13.4. The third kappa shape index (κ3) is 4.42. The molecule has 2 aromatic rings. The van der Waals surface area contributed by atoms with E-state index in [1.807, 2.05) is 24.4 Å². The Kier molecular flexibility index (Phi) is 5.32. The van der Waals surface area contributed by atoms with Gasteiger partial charge in [0.25, 0.3) is 0 Å². The summed E-state index contributed by atoms with van der Waals surface area (Å²) in [6, 6.07) is 3.73. The standard InChI is InChI=1S/C15H18N2O4S/c1-10-5-6-12(21-10)15-16-11(9-22-15)8-13(18)17(2)7-3-4-14(19)20/h5-6,9H,3-4,7-8H2,1-2H3,(H,19,20). The van der Waals surface area contributed by atoms with E-state index in [-0.39, 0.29) is 18.7 Å². The third-order valence-corrected chi connectivity index (χ3v) is 4.05. The molecular weight excluding hydrogens is 304 g/mol. The summed E-state index contributed by atoms with van der Waals surface area (Å²) in [7, 11) is 1.67. The highest BCUT2D eigenvalue weighted by Gasteiger charge is 2.14. The Balaban J connectivity index is 1.89. The lowest BCUT2D eigenvalue weighted by Crippen LogP contribution is -2.29. The van der Waals surface area contributed by atoms with E-state index in [9.17, 15) is 9.59 Å². The van der Waals surface area contributed by atoms with Crippen molar-refractivity contribution in [3.8, 4) is 10.8 Å². The molecule has 0 saturated carbocycles. The molecule has 0 aromatic carbocycles. The first-order chi connectivity index (χ1) is 10.5. The van der Waals surface area contributed by atoms with Crippen molar-refractivity contribution in [1.29, 1.82) is 0 Å². The van der Waals surface area contributed by atoms with E-state index >= 15 is 0 Å². The molecule has 22 heavy (non-hydrogen) atoms. The number of carboxylic acid groups (broad SMARTS) is 1. The maximum Gasteiger partial charge on any atom is 0.303 e. The third-order valence-electron chi connectivity index (χ3n) is 3.15. The minimum Gasteiger partial charge on any atom is -0.481 e. The number of thiazole rings is 1. The number of carbonyl (C=O) groups excluding carboxylic acids is 1. The van der Waals surface area contributed by atoms with E-state index in [0.29, 0.717) is 24.4 Å². The predicted molar refractivity (Wildman–Crippen MR) is 82.8 cm³/mol. The van der Waals surface area contributed by atoms with Crippen molar-refractivity contribution in [2.24, 2.45) is 0 Å². The molecule has 1 N–H and O–H groups in total. The Bertz CT molecular complexity index is 662. The van der Waals surface area contributed by atoms with Gasteiger partial charge in [-0.1, -0.05) is 0 Å². The summed E-state index contributed by atoms with van der Waals surface area (Å²) >= 11 is 1.44. The van der Waals surface area contributed by atoms with Crippen molar-refractivity contribution < 1.29 is 19.1 Å². The van der Waals surface area contributed by atoms with Gasteiger partial charge in [0, 0.05) is 25.4 Å². The molecule has 0 aliphatic rings. The fourth-order valence-electron chi connectivity index (χ4n) is 1.93. The van der Waals surface area contributed by atoms with E-state index in [1.165, 1.54) is 11.3 Å². The summed E-state index contributed by atoms with van der Waals surface area (Å²) in [5.74, 6) is 0.605. The lowest BCUT2D eigenvalue weighted by Gasteiger charge is -2.15. The quantitative estimate of drug-likeness (QED) is 0.847. The first-order valence-electron chi connectivity index (χ1n) is 6.92. The average molecular weight is 322 g/mol. The molecule has 6 nitrogen and oxygen atoms in total. The number of aliphatic carboxylic acids is 1. The van der Waals surface area contributed by atoms with Crippen molar-refractivity contribution in [1.82, 2.24) is 9.88 Å². The number of amides is 1. The number of carbonyl (C=O) groups is 2. The summed E-state index contributed by atoms with van der Waals surface area (Å²) in [6.07, 6.45) is 0.724. The lowest BCUT2D eigenvalue weighted by molar-refractivity contribution is -0.138. The molecule has 118 valence electrons. The number of nitrogens with zero attached hydrogens (tertiary/aromatic N) is 2. The van der Waals surface area contributed by atoms with Crippen molar-refractivity contribution in [2.45, 2.75) is 26.2 Å². The van der Waals surface area contributed by atoms with Gasteiger partial charge in [0.1, 0.15) is 5.76 Å². The highest BCUT2D eigenvalue weighted by Crippen LogP contribution is 2.25. The Morgan fingerprint density at radius 1 is 1.41 bits per heavy atom. The monoisotopic (exact) mass is 322 g/mol. The van der Waals surface area contributed by atoms with Crippen molar-refractivity contribution in [3.63, 3.8) is 0 Å². The van der Waals surface area contributed by atoms with Crippen molar-refractivity contribution in [2.75, 3.05) is 13.6 Å². The molecule has 0 radical (unpaired) electrons. The smallest absolute Gasteiger partial charge is 0.303 e. The zero-order valence-electron chi connectivity index (χ0n) is 12.5. The van der Waals surface area contributed by atoms with Gasteiger partial charge in [-0.25, -0.2) is 4.98 Å². The first kappa shape index (κ1) is 16.2. The van der Waals surface area contributed by atoms with Gasteiger partial charge in [0.15, 0.2) is 10.8 Å². The van der Waals surface area contributed by atoms with Gasteiger partial charge in [-0.15, -0.1) is 11.3 Å². The Morgan fingerprint density at radius 2 is 2.18 bits per heavy atom. The van der Waals surface area contributed by atoms with Gasteiger partial charge >= 0.3 is 5.97 Å². The molecule has 0 saturated heterocycles. The van der Waals surface area contributed by atoms with Crippen LogP contribution in [0.25, 0.3) is 10.8 Å². The minimum absolute atomic E-state index is 0.0658. The van der Waals surface area contributed by atoms with Crippen LogP contribution in [-0.4, -0.2) is 40.5 Å². The molecule has 1 amide bonds. The van der Waals surface area contributed by atoms with Crippen LogP contribution in [0.2, 0.25) is 0 Å². The highest BCUT2D eigenvalue weighted by atomic mass is 32.1. The summed E-state index contributed by atoms with van der Waals surface area (Å²) in [5, 5.41) is 11.2. The molecule has 2 heterocycles. The van der Waals surface area contributed by atoms with Gasteiger partial charge in [-0.2, -0.15) is 0 Å². The SMILES string of the molecule is Cc1ccc(-c2nc(CC(=O)N(C)CCCC(=O)O)cs2)o1. The second-order valence-electron chi connectivity index (χ2n) is 5.04. The molecular formula is C15H18N2O4S. The number of hydrogen-bond donors (Lipinski definition) is 1. The van der Waals surface area contributed by atoms with Gasteiger partial charge in [-0.3, -0.25) is 9.59 Å². The van der Waals surface area contributed by atoms with Crippen LogP contribution in [0.5, 0.6) is 0 Å². The molecule has 7 heteroatoms. The first-order valence-corrected chi connectivity index (χ1v) is 7.80. The van der Waals surface area contributed by atoms with E-state index in [4.69, 9.17) is 9.52 Å². The van der Waals surface area contributed by atoms with Crippen molar-refractivity contribution >= 4 is 23.2 Å². The topological polar surface area (TPSA) is 83.6 Å². The number of furan rings is 1. The lowest BCUT2D eigenvalue weighted by atomic mass is 10.2. The Labute approximate surface area is 132 Å². The summed E-state index contributed by atoms with van der Waals surface area (Å²) in [4.78, 5) is 28.5. The second kappa shape index (κ2) is 7.22. The number of likely N-dealkylation sites (N-methyl/N-ethyl adjacent to an activating group) is 1. The van der Waals surface area contributed by atoms with E-state index in [1.54, 1.807) is 11.9 Å². The maximum absolute atomic E-state index is 12.1. The van der Waals surface area contributed by atoms with Crippen LogP contribution >= 0.6 is 11.3 Å². The van der Waals surface area contributed by atoms with Crippen LogP contribution in [-0.2, 0) is 16.0 Å². The van der Waals surface area contributed by atoms with Crippen LogP contribution in [0, 0.1) is 6.92 Å². The zero-order chi connectivity index (χ0) is 16.1. The van der Waals surface area contributed by atoms with Crippen molar-refractivity contribution in [3.05, 3.63) is 29.0 Å². The predicted octanol–water partition coefficient (Wildman–Crippen LogP) is 2.58. The van der Waals surface area contributed by atoms with Gasteiger partial charge in [0.2, 0.25) is 5.91 Å². The largest absolute Gasteiger partial charge is 0.481 e. The average Bonchev–Trinajstić information content (AvgIpc) is 3.07. The second-order valence-corrected chi connectivity index (χ2v) is 5.90. The molecule has 2 rings (SSSR count). The number of carboxylic acids is 1. The minimum atomic E-state index is -0.848. The van der Waals surface area contributed by atoms with Gasteiger partial charge in [0.05, 0.1) is 12.1 Å². The molecule has 0 fully saturated rings. The summed E-state index contributed by atoms with van der Waals surface area (Å²) < 4.78 is 5.51. The van der Waals surface area contributed by atoms with Gasteiger partial charge in [-0.05, 0) is 25.5 Å². The molecule has 0 unspecified atom stereocenters. The summed E-state index contributed by atoms with van der Waals surface area (Å²) in [5.41, 5.74) is 0.698. The number of rotatable bonds is 7. The molecule has 0 aliphatic heterocycles. The van der Waals surface area contributed by atoms with E-state index in [2.05, 4.69) is 4.98 Å². The van der Waals surface area contributed by atoms with Crippen LogP contribution in [0.1, 0.15) is 24.3 Å². The maximum atomic E-state index is 12.1. The molecule has 0 spiro atoms. The van der Waals surface area contributed by atoms with Crippen LogP contribution in [0.3, 0.4) is 0 Å². The Morgan fingerprint density at radius 3 is 2.82 bits per heavy atom.